The summed E-state index contributed by atoms with van der Waals surface area (Å²) in [4.78, 5) is 11.1. The van der Waals surface area contributed by atoms with Crippen molar-refractivity contribution < 1.29 is 9.90 Å². The van der Waals surface area contributed by atoms with Gasteiger partial charge in [0, 0.05) is 12.2 Å². The van der Waals surface area contributed by atoms with Crippen LogP contribution in [0.5, 0.6) is 0 Å². The number of rotatable bonds is 7. The van der Waals surface area contributed by atoms with Crippen molar-refractivity contribution in [3.05, 3.63) is 29.8 Å². The lowest BCUT2D eigenvalue weighted by Gasteiger charge is -2.18. The fourth-order valence-corrected chi connectivity index (χ4v) is 2.00. The van der Waals surface area contributed by atoms with E-state index in [1.807, 2.05) is 26.0 Å². The van der Waals surface area contributed by atoms with Gasteiger partial charge in [-0.15, -0.1) is 0 Å². The van der Waals surface area contributed by atoms with Gasteiger partial charge in [0.05, 0.1) is 5.92 Å². The summed E-state index contributed by atoms with van der Waals surface area (Å²) in [6.07, 6.45) is 1.13. The highest BCUT2D eigenvalue weighted by molar-refractivity contribution is 5.71. The fourth-order valence-electron chi connectivity index (χ4n) is 2.00. The lowest BCUT2D eigenvalue weighted by atomic mass is 9.95. The molecule has 1 aromatic rings. The van der Waals surface area contributed by atoms with Crippen LogP contribution in [0.25, 0.3) is 0 Å². The van der Waals surface area contributed by atoms with Crippen molar-refractivity contribution in [1.82, 2.24) is 0 Å². The molecule has 0 saturated carbocycles. The number of hydrogen-bond donors (Lipinski definition) is 2. The molecule has 0 aliphatic rings. The summed E-state index contributed by atoms with van der Waals surface area (Å²) < 4.78 is 0. The van der Waals surface area contributed by atoms with Gasteiger partial charge in [0.2, 0.25) is 0 Å². The molecule has 0 heterocycles. The third-order valence-electron chi connectivity index (χ3n) is 3.74. The first-order valence-electron chi connectivity index (χ1n) is 7.02. The van der Waals surface area contributed by atoms with Gasteiger partial charge < -0.3 is 10.4 Å². The molecule has 0 aromatic heterocycles. The van der Waals surface area contributed by atoms with E-state index in [0.29, 0.717) is 12.5 Å². The molecule has 2 atom stereocenters. The van der Waals surface area contributed by atoms with Gasteiger partial charge in [0.1, 0.15) is 0 Å². The molecule has 0 aliphatic heterocycles. The Morgan fingerprint density at radius 1 is 1.21 bits per heavy atom. The van der Waals surface area contributed by atoms with E-state index >= 15 is 0 Å². The zero-order valence-electron chi connectivity index (χ0n) is 12.3. The molecule has 2 N–H and O–H groups in total. The van der Waals surface area contributed by atoms with E-state index in [4.69, 9.17) is 5.11 Å². The van der Waals surface area contributed by atoms with E-state index in [9.17, 15) is 4.79 Å². The van der Waals surface area contributed by atoms with Gasteiger partial charge in [-0.05, 0) is 36.0 Å². The maximum absolute atomic E-state index is 11.1. The maximum Gasteiger partial charge on any atom is 0.308 e. The molecule has 0 amide bonds. The molecule has 0 aliphatic carbocycles. The minimum Gasteiger partial charge on any atom is -0.481 e. The second-order valence-corrected chi connectivity index (χ2v) is 5.50. The predicted molar refractivity (Wildman–Crippen MR) is 79.6 cm³/mol. The van der Waals surface area contributed by atoms with Crippen molar-refractivity contribution in [2.45, 2.75) is 40.0 Å². The number of carboxylic acids is 1. The number of nitrogens with one attached hydrogen (secondary N) is 1. The zero-order valence-corrected chi connectivity index (χ0v) is 12.3. The summed E-state index contributed by atoms with van der Waals surface area (Å²) in [7, 11) is 0. The molecule has 1 aromatic carbocycles. The van der Waals surface area contributed by atoms with Crippen LogP contribution in [-0.4, -0.2) is 17.6 Å². The lowest BCUT2D eigenvalue weighted by molar-refractivity contribution is -0.142. The van der Waals surface area contributed by atoms with Gasteiger partial charge >= 0.3 is 5.97 Å². The highest BCUT2D eigenvalue weighted by Crippen LogP contribution is 2.21. The van der Waals surface area contributed by atoms with E-state index in [0.717, 1.165) is 12.1 Å². The normalized spacial score (nSPS) is 14.2. The van der Waals surface area contributed by atoms with Gasteiger partial charge in [-0.3, -0.25) is 4.79 Å². The Morgan fingerprint density at radius 3 is 2.21 bits per heavy atom. The maximum atomic E-state index is 11.1. The molecule has 106 valence electrons. The fraction of sp³-hybridized carbons (Fsp3) is 0.562. The minimum absolute atomic E-state index is 0.129. The largest absolute Gasteiger partial charge is 0.481 e. The first-order chi connectivity index (χ1) is 8.95. The standard InChI is InChI=1S/C16H25NO2/c1-5-12(4)13-6-8-14(9-7-13)17-10-15(11(2)3)16(18)19/h6-9,11-12,15,17H,5,10H2,1-4H3,(H,18,19). The Hall–Kier alpha value is -1.51. The van der Waals surface area contributed by atoms with Crippen molar-refractivity contribution in [1.29, 1.82) is 0 Å². The third-order valence-corrected chi connectivity index (χ3v) is 3.74. The molecular weight excluding hydrogens is 238 g/mol. The Labute approximate surface area is 116 Å². The number of anilines is 1. The van der Waals surface area contributed by atoms with E-state index in [1.54, 1.807) is 0 Å². The first kappa shape index (κ1) is 15.5. The second kappa shape index (κ2) is 7.17. The summed E-state index contributed by atoms with van der Waals surface area (Å²) in [6.45, 7) is 8.73. The molecule has 0 saturated heterocycles. The summed E-state index contributed by atoms with van der Waals surface area (Å²) in [5.41, 5.74) is 2.31. The third kappa shape index (κ3) is 4.58. The number of carbonyl (C=O) groups is 1. The van der Waals surface area contributed by atoms with Crippen LogP contribution in [0, 0.1) is 11.8 Å². The number of benzene rings is 1. The Bertz CT molecular complexity index is 398. The van der Waals surface area contributed by atoms with Crippen LogP contribution in [0.1, 0.15) is 45.6 Å². The number of hydrogen-bond acceptors (Lipinski definition) is 2. The Balaban J connectivity index is 2.60. The highest BCUT2D eigenvalue weighted by Gasteiger charge is 2.20. The van der Waals surface area contributed by atoms with E-state index in [-0.39, 0.29) is 11.8 Å². The van der Waals surface area contributed by atoms with Gasteiger partial charge in [-0.1, -0.05) is 39.8 Å². The van der Waals surface area contributed by atoms with Crippen molar-refractivity contribution in [3.8, 4) is 0 Å². The summed E-state index contributed by atoms with van der Waals surface area (Å²) in [6, 6.07) is 8.28. The highest BCUT2D eigenvalue weighted by atomic mass is 16.4. The van der Waals surface area contributed by atoms with Gasteiger partial charge in [0.25, 0.3) is 0 Å². The summed E-state index contributed by atoms with van der Waals surface area (Å²) in [5, 5.41) is 12.3. The Morgan fingerprint density at radius 2 is 1.79 bits per heavy atom. The van der Waals surface area contributed by atoms with Crippen LogP contribution in [0.3, 0.4) is 0 Å². The molecule has 19 heavy (non-hydrogen) atoms. The van der Waals surface area contributed by atoms with E-state index in [2.05, 4.69) is 31.3 Å². The van der Waals surface area contributed by atoms with Crippen LogP contribution in [0.4, 0.5) is 5.69 Å². The van der Waals surface area contributed by atoms with E-state index in [1.165, 1.54) is 5.56 Å². The summed E-state index contributed by atoms with van der Waals surface area (Å²) in [5.74, 6) is -0.395. The molecule has 3 nitrogen and oxygen atoms in total. The smallest absolute Gasteiger partial charge is 0.308 e. The summed E-state index contributed by atoms with van der Waals surface area (Å²) >= 11 is 0. The average molecular weight is 263 g/mol. The van der Waals surface area contributed by atoms with Crippen LogP contribution in [0.2, 0.25) is 0 Å². The van der Waals surface area contributed by atoms with Gasteiger partial charge in [-0.25, -0.2) is 0 Å². The first-order valence-corrected chi connectivity index (χ1v) is 7.02. The quantitative estimate of drug-likeness (QED) is 0.782. The molecule has 0 radical (unpaired) electrons. The van der Waals surface area contributed by atoms with E-state index < -0.39 is 5.97 Å². The molecule has 0 spiro atoms. The van der Waals surface area contributed by atoms with Crippen molar-refractivity contribution >= 4 is 11.7 Å². The molecule has 2 unspecified atom stereocenters. The predicted octanol–water partition coefficient (Wildman–Crippen LogP) is 3.97. The molecule has 1 rings (SSSR count). The SMILES string of the molecule is CCC(C)c1ccc(NCC(C(=O)O)C(C)C)cc1. The average Bonchev–Trinajstić information content (AvgIpc) is 2.38. The lowest BCUT2D eigenvalue weighted by Crippen LogP contribution is -2.27. The van der Waals surface area contributed by atoms with Crippen LogP contribution in [-0.2, 0) is 4.79 Å². The number of aliphatic carboxylic acids is 1. The zero-order chi connectivity index (χ0) is 14.4. The topological polar surface area (TPSA) is 49.3 Å². The second-order valence-electron chi connectivity index (χ2n) is 5.50. The number of carboxylic acid groups (broad SMARTS) is 1. The van der Waals surface area contributed by atoms with Gasteiger partial charge in [0.15, 0.2) is 0 Å². The van der Waals surface area contributed by atoms with Crippen LogP contribution < -0.4 is 5.32 Å². The monoisotopic (exact) mass is 263 g/mol. The van der Waals surface area contributed by atoms with Crippen LogP contribution >= 0.6 is 0 Å². The minimum atomic E-state index is -0.737. The van der Waals surface area contributed by atoms with Gasteiger partial charge in [-0.2, -0.15) is 0 Å². The molecule has 0 bridgehead atoms. The molecule has 0 fully saturated rings. The Kier molecular flexibility index (Phi) is 5.87. The molecule has 3 heteroatoms. The van der Waals surface area contributed by atoms with Crippen molar-refractivity contribution in [3.63, 3.8) is 0 Å². The van der Waals surface area contributed by atoms with Crippen molar-refractivity contribution in [2.24, 2.45) is 11.8 Å². The molecular formula is C16H25NO2. The van der Waals surface area contributed by atoms with Crippen molar-refractivity contribution in [2.75, 3.05) is 11.9 Å². The van der Waals surface area contributed by atoms with Crippen LogP contribution in [0.15, 0.2) is 24.3 Å².